The molecule has 0 unspecified atom stereocenters. The molecule has 7 heteroatoms. The van der Waals surface area contributed by atoms with E-state index >= 15 is 0 Å². The van der Waals surface area contributed by atoms with Crippen LogP contribution < -0.4 is 4.90 Å². The molecule has 0 aliphatic carbocycles. The number of carbonyl (C=O) groups excluding carboxylic acids is 1. The van der Waals surface area contributed by atoms with Gasteiger partial charge in [0, 0.05) is 24.2 Å². The maximum atomic E-state index is 12.8. The Morgan fingerprint density at radius 1 is 1.26 bits per heavy atom. The highest BCUT2D eigenvalue weighted by molar-refractivity contribution is 5.97. The lowest BCUT2D eigenvalue weighted by Crippen LogP contribution is -2.30. The predicted molar refractivity (Wildman–Crippen MR) is 99.5 cm³/mol. The second kappa shape index (κ2) is 6.68. The molecule has 0 saturated heterocycles. The smallest absolute Gasteiger partial charge is 0.271 e. The fraction of sp³-hybridized carbons (Fsp3) is 0.200. The summed E-state index contributed by atoms with van der Waals surface area (Å²) in [5.41, 5.74) is 2.96. The van der Waals surface area contributed by atoms with E-state index in [0.29, 0.717) is 36.0 Å². The number of amides is 1. The lowest BCUT2D eigenvalue weighted by molar-refractivity contribution is -0.384. The van der Waals surface area contributed by atoms with Crippen LogP contribution in [0.5, 0.6) is 0 Å². The lowest BCUT2D eigenvalue weighted by Gasteiger charge is -2.16. The molecule has 0 bridgehead atoms. The number of aromatic nitrogens is 1. The Morgan fingerprint density at radius 3 is 2.78 bits per heavy atom. The van der Waals surface area contributed by atoms with Crippen LogP contribution in [0.1, 0.15) is 17.0 Å². The van der Waals surface area contributed by atoms with Gasteiger partial charge in [0.25, 0.3) is 5.69 Å². The van der Waals surface area contributed by atoms with Crippen molar-refractivity contribution >= 4 is 17.3 Å². The highest BCUT2D eigenvalue weighted by Crippen LogP contribution is 2.32. The average molecular weight is 363 g/mol. The van der Waals surface area contributed by atoms with Gasteiger partial charge in [0.1, 0.15) is 5.76 Å². The highest BCUT2D eigenvalue weighted by Gasteiger charge is 2.28. The SMILES string of the molecule is Cc1oc(-c2ccccc2)nc1CC(=O)N1CCc2ccc([N+](=O)[O-])cc21. The molecule has 4 rings (SSSR count). The van der Waals surface area contributed by atoms with Gasteiger partial charge >= 0.3 is 0 Å². The number of rotatable bonds is 4. The highest BCUT2D eigenvalue weighted by atomic mass is 16.6. The van der Waals surface area contributed by atoms with Crippen LogP contribution in [-0.4, -0.2) is 22.4 Å². The summed E-state index contributed by atoms with van der Waals surface area (Å²) in [5, 5.41) is 11.0. The second-order valence-electron chi connectivity index (χ2n) is 6.43. The topological polar surface area (TPSA) is 89.5 Å². The third kappa shape index (κ3) is 3.19. The van der Waals surface area contributed by atoms with Crippen molar-refractivity contribution in [2.24, 2.45) is 0 Å². The number of aryl methyl sites for hydroxylation is 1. The fourth-order valence-corrected chi connectivity index (χ4v) is 3.28. The number of benzene rings is 2. The molecule has 136 valence electrons. The van der Waals surface area contributed by atoms with Crippen LogP contribution in [0.3, 0.4) is 0 Å². The maximum Gasteiger partial charge on any atom is 0.271 e. The van der Waals surface area contributed by atoms with Crippen LogP contribution >= 0.6 is 0 Å². The van der Waals surface area contributed by atoms with Crippen LogP contribution in [0, 0.1) is 17.0 Å². The van der Waals surface area contributed by atoms with E-state index in [1.807, 2.05) is 30.3 Å². The molecule has 0 saturated carbocycles. The molecular formula is C20H17N3O4. The van der Waals surface area contributed by atoms with Crippen molar-refractivity contribution in [1.82, 2.24) is 4.98 Å². The first-order valence-corrected chi connectivity index (χ1v) is 8.62. The summed E-state index contributed by atoms with van der Waals surface area (Å²) >= 11 is 0. The van der Waals surface area contributed by atoms with Crippen LogP contribution in [0.4, 0.5) is 11.4 Å². The fourth-order valence-electron chi connectivity index (χ4n) is 3.28. The molecule has 2 heterocycles. The zero-order valence-corrected chi connectivity index (χ0v) is 14.7. The molecule has 0 N–H and O–H groups in total. The maximum absolute atomic E-state index is 12.8. The van der Waals surface area contributed by atoms with Gasteiger partial charge in [-0.3, -0.25) is 14.9 Å². The van der Waals surface area contributed by atoms with E-state index in [9.17, 15) is 14.9 Å². The van der Waals surface area contributed by atoms with Crippen molar-refractivity contribution < 1.29 is 14.1 Å². The van der Waals surface area contributed by atoms with Gasteiger partial charge in [0.15, 0.2) is 0 Å². The average Bonchev–Trinajstić information content (AvgIpc) is 3.25. The monoisotopic (exact) mass is 363 g/mol. The summed E-state index contributed by atoms with van der Waals surface area (Å²) in [4.78, 5) is 29.5. The summed E-state index contributed by atoms with van der Waals surface area (Å²) in [6, 6.07) is 14.1. The van der Waals surface area contributed by atoms with Crippen molar-refractivity contribution in [3.8, 4) is 11.5 Å². The quantitative estimate of drug-likeness (QED) is 0.521. The van der Waals surface area contributed by atoms with E-state index in [0.717, 1.165) is 11.1 Å². The first kappa shape index (κ1) is 17.0. The number of hydrogen-bond donors (Lipinski definition) is 0. The number of oxazole rings is 1. The molecule has 1 amide bonds. The minimum atomic E-state index is -0.449. The molecule has 27 heavy (non-hydrogen) atoms. The van der Waals surface area contributed by atoms with Crippen LogP contribution in [0.25, 0.3) is 11.5 Å². The molecule has 1 aliphatic heterocycles. The summed E-state index contributed by atoms with van der Waals surface area (Å²) in [6.45, 7) is 2.29. The number of non-ortho nitro benzene ring substituents is 1. The number of anilines is 1. The summed E-state index contributed by atoms with van der Waals surface area (Å²) < 4.78 is 5.71. The lowest BCUT2D eigenvalue weighted by atomic mass is 10.1. The van der Waals surface area contributed by atoms with Gasteiger partial charge < -0.3 is 9.32 Å². The van der Waals surface area contributed by atoms with Gasteiger partial charge in [0.05, 0.1) is 22.7 Å². The molecule has 3 aromatic rings. The van der Waals surface area contributed by atoms with Crippen molar-refractivity contribution in [3.63, 3.8) is 0 Å². The standard InChI is InChI=1S/C20H17N3O4/c1-13-17(21-20(27-13)15-5-3-2-4-6-15)12-19(24)22-10-9-14-7-8-16(23(25)26)11-18(14)22/h2-8,11H,9-10,12H2,1H3. The first-order valence-electron chi connectivity index (χ1n) is 8.62. The number of nitro benzene ring substituents is 1. The van der Waals surface area contributed by atoms with Crippen molar-refractivity contribution in [2.45, 2.75) is 19.8 Å². The number of nitrogens with zero attached hydrogens (tertiary/aromatic N) is 3. The molecule has 1 aliphatic rings. The predicted octanol–water partition coefficient (Wildman–Crippen LogP) is 3.69. The number of carbonyl (C=O) groups is 1. The zero-order valence-electron chi connectivity index (χ0n) is 14.7. The Balaban J connectivity index is 1.57. The van der Waals surface area contributed by atoms with Gasteiger partial charge in [-0.2, -0.15) is 0 Å². The third-order valence-corrected chi connectivity index (χ3v) is 4.71. The van der Waals surface area contributed by atoms with Crippen LogP contribution in [0.2, 0.25) is 0 Å². The zero-order chi connectivity index (χ0) is 19.0. The largest absolute Gasteiger partial charge is 0.441 e. The summed E-state index contributed by atoms with van der Waals surface area (Å²) in [6.07, 6.45) is 0.774. The van der Waals surface area contributed by atoms with Crippen LogP contribution in [0.15, 0.2) is 52.9 Å². The van der Waals surface area contributed by atoms with Crippen molar-refractivity contribution in [3.05, 3.63) is 75.7 Å². The Labute approximate surface area is 155 Å². The first-order chi connectivity index (χ1) is 13.0. The molecule has 0 atom stereocenters. The van der Waals surface area contributed by atoms with E-state index in [-0.39, 0.29) is 18.0 Å². The second-order valence-corrected chi connectivity index (χ2v) is 6.43. The minimum absolute atomic E-state index is 0.0163. The van der Waals surface area contributed by atoms with E-state index in [1.54, 1.807) is 17.9 Å². The molecule has 2 aromatic carbocycles. The normalized spacial score (nSPS) is 12.9. The van der Waals surface area contributed by atoms with Crippen LogP contribution in [-0.2, 0) is 17.6 Å². The third-order valence-electron chi connectivity index (χ3n) is 4.71. The summed E-state index contributed by atoms with van der Waals surface area (Å²) in [7, 11) is 0. The minimum Gasteiger partial charge on any atom is -0.441 e. The molecule has 0 radical (unpaired) electrons. The van der Waals surface area contributed by atoms with Gasteiger partial charge in [-0.05, 0) is 31.0 Å². The molecule has 7 nitrogen and oxygen atoms in total. The number of nitro groups is 1. The molecule has 0 fully saturated rings. The Bertz CT molecular complexity index is 1030. The number of fused-ring (bicyclic) bond motifs is 1. The molecular weight excluding hydrogens is 346 g/mol. The van der Waals surface area contributed by atoms with Gasteiger partial charge in [0.2, 0.25) is 11.8 Å². The number of hydrogen-bond acceptors (Lipinski definition) is 5. The van der Waals surface area contributed by atoms with Crippen molar-refractivity contribution in [1.29, 1.82) is 0 Å². The molecule has 0 spiro atoms. The van der Waals surface area contributed by atoms with Gasteiger partial charge in [-0.25, -0.2) is 4.98 Å². The Hall–Kier alpha value is -3.48. The Kier molecular flexibility index (Phi) is 4.19. The molecule has 1 aromatic heterocycles. The van der Waals surface area contributed by atoms with Gasteiger partial charge in [-0.15, -0.1) is 0 Å². The van der Waals surface area contributed by atoms with E-state index < -0.39 is 4.92 Å². The van der Waals surface area contributed by atoms with Gasteiger partial charge in [-0.1, -0.05) is 24.3 Å². The van der Waals surface area contributed by atoms with E-state index in [2.05, 4.69) is 4.98 Å². The Morgan fingerprint density at radius 2 is 2.04 bits per heavy atom. The van der Waals surface area contributed by atoms with Crippen molar-refractivity contribution in [2.75, 3.05) is 11.4 Å². The van der Waals surface area contributed by atoms with E-state index in [4.69, 9.17) is 4.42 Å². The van der Waals surface area contributed by atoms with E-state index in [1.165, 1.54) is 12.1 Å². The summed E-state index contributed by atoms with van der Waals surface area (Å²) in [5.74, 6) is 0.930.